The second-order valence-electron chi connectivity index (χ2n) is 3.35. The van der Waals surface area contributed by atoms with Crippen molar-refractivity contribution in [3.8, 4) is 0 Å². The van der Waals surface area contributed by atoms with Gasteiger partial charge in [-0.2, -0.15) is 0 Å². The number of amides is 2. The molecule has 0 saturated carbocycles. The van der Waals surface area contributed by atoms with Gasteiger partial charge in [0.2, 0.25) is 11.8 Å². The summed E-state index contributed by atoms with van der Waals surface area (Å²) in [5.74, 6) is -0.511. The van der Waals surface area contributed by atoms with Crippen molar-refractivity contribution in [3.05, 3.63) is 0 Å². The monoisotopic (exact) mass is 279 g/mol. The van der Waals surface area contributed by atoms with E-state index in [0.717, 1.165) is 11.8 Å². The van der Waals surface area contributed by atoms with Crippen LogP contribution in [0.3, 0.4) is 0 Å². The number of carbonyl (C=O) groups excluding carboxylic acids is 2. The molecule has 0 aliphatic carbocycles. The Morgan fingerprint density at radius 2 is 1.93 bits per heavy atom. The Labute approximate surface area is 98.3 Å². The lowest BCUT2D eigenvalue weighted by atomic mass is 10.2. The lowest BCUT2D eigenvalue weighted by Gasteiger charge is -2.15. The van der Waals surface area contributed by atoms with Crippen molar-refractivity contribution < 1.29 is 9.59 Å². The maximum atomic E-state index is 11.4. The van der Waals surface area contributed by atoms with E-state index in [1.807, 2.05) is 0 Å². The van der Waals surface area contributed by atoms with Gasteiger partial charge in [0.15, 0.2) is 0 Å². The lowest BCUT2D eigenvalue weighted by Crippen LogP contribution is -2.49. The molecule has 0 aromatic heterocycles. The molecule has 2 atom stereocenters. The van der Waals surface area contributed by atoms with Crippen molar-refractivity contribution in [2.75, 3.05) is 11.9 Å². The minimum absolute atomic E-state index is 0.190. The van der Waals surface area contributed by atoms with Crippen molar-refractivity contribution in [2.24, 2.45) is 5.73 Å². The molecule has 0 aliphatic heterocycles. The maximum absolute atomic E-state index is 11.4. The standard InChI is InChI=1S/C9H18BrN3O2/c1-6(11)8(14)13-7(2)9(15)12-5-3-4-10/h6-7H,3-5,11H2,1-2H3,(H,12,15)(H,13,14)/t6-,7-/m0/s1. The van der Waals surface area contributed by atoms with Gasteiger partial charge in [-0.25, -0.2) is 0 Å². The van der Waals surface area contributed by atoms with Gasteiger partial charge in [-0.3, -0.25) is 9.59 Å². The Hall–Kier alpha value is -0.620. The molecule has 0 radical (unpaired) electrons. The number of hydrogen-bond donors (Lipinski definition) is 3. The van der Waals surface area contributed by atoms with Gasteiger partial charge >= 0.3 is 0 Å². The molecule has 0 bridgehead atoms. The normalized spacial score (nSPS) is 14.1. The third-order valence-corrected chi connectivity index (χ3v) is 2.34. The van der Waals surface area contributed by atoms with Crippen LogP contribution in [0.15, 0.2) is 0 Å². The van der Waals surface area contributed by atoms with Crippen molar-refractivity contribution >= 4 is 27.7 Å². The zero-order chi connectivity index (χ0) is 11.8. The zero-order valence-electron chi connectivity index (χ0n) is 9.05. The first kappa shape index (κ1) is 14.4. The molecule has 0 fully saturated rings. The van der Waals surface area contributed by atoms with Crippen LogP contribution >= 0.6 is 15.9 Å². The van der Waals surface area contributed by atoms with Gasteiger partial charge in [0.05, 0.1) is 6.04 Å². The molecule has 0 saturated heterocycles. The third kappa shape index (κ3) is 6.46. The number of rotatable bonds is 6. The fourth-order valence-corrected chi connectivity index (χ4v) is 1.12. The van der Waals surface area contributed by atoms with Crippen molar-refractivity contribution in [1.29, 1.82) is 0 Å². The summed E-state index contributed by atoms with van der Waals surface area (Å²) in [6.07, 6.45) is 0.861. The minimum Gasteiger partial charge on any atom is -0.354 e. The Kier molecular flexibility index (Phi) is 7.33. The fraction of sp³-hybridized carbons (Fsp3) is 0.778. The second kappa shape index (κ2) is 7.64. The molecule has 0 aromatic rings. The smallest absolute Gasteiger partial charge is 0.242 e. The average molecular weight is 280 g/mol. The molecule has 5 nitrogen and oxygen atoms in total. The highest BCUT2D eigenvalue weighted by molar-refractivity contribution is 9.09. The number of nitrogens with one attached hydrogen (secondary N) is 2. The Morgan fingerprint density at radius 3 is 2.40 bits per heavy atom. The predicted molar refractivity (Wildman–Crippen MR) is 62.7 cm³/mol. The van der Waals surface area contributed by atoms with Crippen LogP contribution in [0.2, 0.25) is 0 Å². The number of halogens is 1. The van der Waals surface area contributed by atoms with E-state index in [9.17, 15) is 9.59 Å². The Balaban J connectivity index is 3.83. The highest BCUT2D eigenvalue weighted by Gasteiger charge is 2.16. The molecule has 0 aromatic carbocycles. The quantitative estimate of drug-likeness (QED) is 0.463. The van der Waals surface area contributed by atoms with Gasteiger partial charge in [-0.1, -0.05) is 15.9 Å². The van der Waals surface area contributed by atoms with Crippen LogP contribution in [0, 0.1) is 0 Å². The summed E-state index contributed by atoms with van der Waals surface area (Å²) in [6.45, 7) is 3.80. The van der Waals surface area contributed by atoms with E-state index >= 15 is 0 Å². The summed E-state index contributed by atoms with van der Waals surface area (Å²) in [7, 11) is 0. The molecule has 15 heavy (non-hydrogen) atoms. The number of hydrogen-bond acceptors (Lipinski definition) is 3. The lowest BCUT2D eigenvalue weighted by molar-refractivity contribution is -0.129. The summed E-state index contributed by atoms with van der Waals surface area (Å²) >= 11 is 3.26. The van der Waals surface area contributed by atoms with Crippen molar-refractivity contribution in [3.63, 3.8) is 0 Å². The number of carbonyl (C=O) groups is 2. The van der Waals surface area contributed by atoms with Crippen LogP contribution in [-0.2, 0) is 9.59 Å². The molecule has 2 amide bonds. The molecule has 0 rings (SSSR count). The molecule has 6 heteroatoms. The number of alkyl halides is 1. The van der Waals surface area contributed by atoms with Gasteiger partial charge in [0, 0.05) is 11.9 Å². The van der Waals surface area contributed by atoms with E-state index in [-0.39, 0.29) is 11.8 Å². The van der Waals surface area contributed by atoms with Gasteiger partial charge in [0.25, 0.3) is 0 Å². The predicted octanol–water partition coefficient (Wildman–Crippen LogP) is -0.260. The summed E-state index contributed by atoms with van der Waals surface area (Å²) in [6, 6.07) is -1.14. The molecule has 0 heterocycles. The van der Waals surface area contributed by atoms with E-state index in [1.54, 1.807) is 13.8 Å². The first-order valence-electron chi connectivity index (χ1n) is 4.88. The summed E-state index contributed by atoms with van der Waals surface area (Å²) in [5.41, 5.74) is 5.36. The van der Waals surface area contributed by atoms with Gasteiger partial charge in [-0.15, -0.1) is 0 Å². The first-order valence-corrected chi connectivity index (χ1v) is 6.00. The van der Waals surface area contributed by atoms with Crippen molar-refractivity contribution in [1.82, 2.24) is 10.6 Å². The van der Waals surface area contributed by atoms with Gasteiger partial charge in [0.1, 0.15) is 6.04 Å². The van der Waals surface area contributed by atoms with E-state index in [0.29, 0.717) is 6.54 Å². The van der Waals surface area contributed by atoms with Crippen LogP contribution in [0.1, 0.15) is 20.3 Å². The Bertz CT molecular complexity index is 221. The van der Waals surface area contributed by atoms with E-state index in [2.05, 4.69) is 26.6 Å². The highest BCUT2D eigenvalue weighted by atomic mass is 79.9. The maximum Gasteiger partial charge on any atom is 0.242 e. The SMILES string of the molecule is C[C@H](N)C(=O)N[C@@H](C)C(=O)NCCCBr. The van der Waals surface area contributed by atoms with Crippen LogP contribution < -0.4 is 16.4 Å². The molecule has 0 aliphatic rings. The van der Waals surface area contributed by atoms with Gasteiger partial charge < -0.3 is 16.4 Å². The van der Waals surface area contributed by atoms with E-state index in [4.69, 9.17) is 5.73 Å². The average Bonchev–Trinajstić information content (AvgIpc) is 2.17. The van der Waals surface area contributed by atoms with E-state index in [1.165, 1.54) is 0 Å². The molecular formula is C9H18BrN3O2. The summed E-state index contributed by atoms with van der Waals surface area (Å²) in [5, 5.41) is 6.06. The summed E-state index contributed by atoms with van der Waals surface area (Å²) in [4.78, 5) is 22.6. The zero-order valence-corrected chi connectivity index (χ0v) is 10.6. The molecule has 88 valence electrons. The molecule has 4 N–H and O–H groups in total. The molecule has 0 spiro atoms. The van der Waals surface area contributed by atoms with Crippen LogP contribution in [0.25, 0.3) is 0 Å². The number of nitrogens with two attached hydrogens (primary N) is 1. The van der Waals surface area contributed by atoms with E-state index < -0.39 is 12.1 Å². The molecular weight excluding hydrogens is 262 g/mol. The third-order valence-electron chi connectivity index (χ3n) is 1.78. The van der Waals surface area contributed by atoms with Crippen molar-refractivity contribution in [2.45, 2.75) is 32.4 Å². The second-order valence-corrected chi connectivity index (χ2v) is 4.15. The minimum atomic E-state index is -0.595. The van der Waals surface area contributed by atoms with Crippen LogP contribution in [-0.4, -0.2) is 35.8 Å². The first-order chi connectivity index (χ1) is 6.99. The topological polar surface area (TPSA) is 84.2 Å². The fourth-order valence-electron chi connectivity index (χ4n) is 0.842. The van der Waals surface area contributed by atoms with Gasteiger partial charge in [-0.05, 0) is 20.3 Å². The Morgan fingerprint density at radius 1 is 1.33 bits per heavy atom. The van der Waals surface area contributed by atoms with Crippen LogP contribution in [0.4, 0.5) is 0 Å². The molecule has 0 unspecified atom stereocenters. The highest BCUT2D eigenvalue weighted by Crippen LogP contribution is 1.88. The largest absolute Gasteiger partial charge is 0.354 e. The van der Waals surface area contributed by atoms with Crippen LogP contribution in [0.5, 0.6) is 0 Å². The summed E-state index contributed by atoms with van der Waals surface area (Å²) < 4.78 is 0.